The summed E-state index contributed by atoms with van der Waals surface area (Å²) < 4.78 is 28.8. The lowest BCUT2D eigenvalue weighted by atomic mass is 10.2. The van der Waals surface area contributed by atoms with E-state index in [0.29, 0.717) is 34.0 Å². The lowest BCUT2D eigenvalue weighted by Crippen LogP contribution is -2.37. The second-order valence-corrected chi connectivity index (χ2v) is 10.9. The zero-order chi connectivity index (χ0) is 21.9. The minimum atomic E-state index is -3.62. The molecule has 3 aromatic rings. The molecule has 3 rings (SSSR count). The number of fused-ring (bicyclic) bond motifs is 1. The Bertz CT molecular complexity index is 1120. The number of hydrogen-bond donors (Lipinski definition) is 1. The first-order chi connectivity index (χ1) is 14.2. The number of benzene rings is 1. The van der Waals surface area contributed by atoms with Crippen molar-refractivity contribution < 1.29 is 13.2 Å². The summed E-state index contributed by atoms with van der Waals surface area (Å²) in [5.41, 5.74) is 1.12. The van der Waals surface area contributed by atoms with Crippen LogP contribution in [0.1, 0.15) is 38.1 Å². The summed E-state index contributed by atoms with van der Waals surface area (Å²) in [7, 11) is -3.62. The molecule has 2 heterocycles. The second-order valence-electron chi connectivity index (χ2n) is 7.95. The van der Waals surface area contributed by atoms with Gasteiger partial charge in [0.1, 0.15) is 0 Å². The third-order valence-electron chi connectivity index (χ3n) is 4.30. The summed E-state index contributed by atoms with van der Waals surface area (Å²) in [4.78, 5) is 20.9. The maximum atomic E-state index is 13.3. The van der Waals surface area contributed by atoms with Crippen LogP contribution >= 0.6 is 11.3 Å². The lowest BCUT2D eigenvalue weighted by molar-refractivity contribution is 0.102. The van der Waals surface area contributed by atoms with Gasteiger partial charge in [-0.2, -0.15) is 4.31 Å². The number of anilines is 1. The molecule has 160 valence electrons. The van der Waals surface area contributed by atoms with Gasteiger partial charge in [-0.3, -0.25) is 15.1 Å². The van der Waals surface area contributed by atoms with Crippen LogP contribution in [0, 0.1) is 11.8 Å². The van der Waals surface area contributed by atoms with E-state index in [2.05, 4.69) is 15.3 Å². The highest BCUT2D eigenvalue weighted by molar-refractivity contribution is 7.89. The number of thiazole rings is 1. The van der Waals surface area contributed by atoms with Gasteiger partial charge in [0.25, 0.3) is 5.91 Å². The topological polar surface area (TPSA) is 92.3 Å². The Morgan fingerprint density at radius 3 is 2.30 bits per heavy atom. The summed E-state index contributed by atoms with van der Waals surface area (Å²) >= 11 is 1.25. The average Bonchev–Trinajstić information content (AvgIpc) is 3.08. The number of amides is 1. The Morgan fingerprint density at radius 1 is 1.07 bits per heavy atom. The number of hydrogen-bond acceptors (Lipinski definition) is 6. The molecule has 1 N–H and O–H groups in total. The van der Waals surface area contributed by atoms with Gasteiger partial charge in [0, 0.05) is 31.0 Å². The van der Waals surface area contributed by atoms with Gasteiger partial charge < -0.3 is 0 Å². The number of sulfonamides is 1. The predicted molar refractivity (Wildman–Crippen MR) is 120 cm³/mol. The number of pyridine rings is 1. The van der Waals surface area contributed by atoms with Crippen molar-refractivity contribution in [2.75, 3.05) is 18.4 Å². The van der Waals surface area contributed by atoms with Crippen LogP contribution in [0.25, 0.3) is 10.2 Å². The molecular formula is C21H26N4O3S2. The van der Waals surface area contributed by atoms with Crippen LogP contribution < -0.4 is 5.32 Å². The largest absolute Gasteiger partial charge is 0.298 e. The van der Waals surface area contributed by atoms with E-state index in [4.69, 9.17) is 0 Å². The third-order valence-corrected chi connectivity index (χ3v) is 7.06. The highest BCUT2D eigenvalue weighted by Crippen LogP contribution is 2.30. The van der Waals surface area contributed by atoms with Gasteiger partial charge in [0.2, 0.25) is 10.0 Å². The standard InChI is InChI=1S/C21H26N4O3S2/c1-14(2)12-25(13-15(3)4)30(27,28)17-5-6-18-19(11-17)29-21(23-18)24-20(26)16-7-9-22-10-8-16/h5-11,14-15H,12-13H2,1-4H3,(H,23,24,26). The summed E-state index contributed by atoms with van der Waals surface area (Å²) in [5.74, 6) is 0.158. The maximum absolute atomic E-state index is 13.3. The number of rotatable bonds is 8. The molecule has 0 fully saturated rings. The number of nitrogens with zero attached hydrogens (tertiary/aromatic N) is 3. The van der Waals surface area contributed by atoms with Crippen LogP contribution in [-0.4, -0.2) is 41.7 Å². The van der Waals surface area contributed by atoms with Crippen molar-refractivity contribution in [2.45, 2.75) is 32.6 Å². The van der Waals surface area contributed by atoms with Crippen LogP contribution in [0.5, 0.6) is 0 Å². The van der Waals surface area contributed by atoms with Gasteiger partial charge in [0.15, 0.2) is 5.13 Å². The minimum absolute atomic E-state index is 0.223. The van der Waals surface area contributed by atoms with Crippen LogP contribution in [0.3, 0.4) is 0 Å². The molecule has 0 radical (unpaired) electrons. The van der Waals surface area contributed by atoms with Crippen molar-refractivity contribution in [1.29, 1.82) is 0 Å². The highest BCUT2D eigenvalue weighted by atomic mass is 32.2. The van der Waals surface area contributed by atoms with Gasteiger partial charge in [-0.05, 0) is 42.2 Å². The molecule has 0 saturated heterocycles. The quantitative estimate of drug-likeness (QED) is 0.558. The smallest absolute Gasteiger partial charge is 0.257 e. The van der Waals surface area contributed by atoms with Gasteiger partial charge in [-0.1, -0.05) is 39.0 Å². The molecule has 0 bridgehead atoms. The van der Waals surface area contributed by atoms with E-state index in [0.717, 1.165) is 0 Å². The van der Waals surface area contributed by atoms with Gasteiger partial charge >= 0.3 is 0 Å². The summed E-state index contributed by atoms with van der Waals surface area (Å²) in [6, 6.07) is 8.14. The van der Waals surface area contributed by atoms with E-state index in [1.54, 1.807) is 47.0 Å². The molecule has 0 aliphatic rings. The number of carbonyl (C=O) groups is 1. The fraction of sp³-hybridized carbons (Fsp3) is 0.381. The minimum Gasteiger partial charge on any atom is -0.298 e. The molecule has 1 aromatic carbocycles. The van der Waals surface area contributed by atoms with Crippen molar-refractivity contribution >= 4 is 42.6 Å². The molecule has 0 aliphatic heterocycles. The van der Waals surface area contributed by atoms with E-state index >= 15 is 0 Å². The van der Waals surface area contributed by atoms with Crippen molar-refractivity contribution in [2.24, 2.45) is 11.8 Å². The average molecular weight is 447 g/mol. The first kappa shape index (κ1) is 22.3. The summed E-state index contributed by atoms with van der Waals surface area (Å²) in [6.45, 7) is 8.96. The third kappa shape index (κ3) is 5.21. The van der Waals surface area contributed by atoms with Gasteiger partial charge in [0.05, 0.1) is 15.1 Å². The molecule has 0 atom stereocenters. The SMILES string of the molecule is CC(C)CN(CC(C)C)S(=O)(=O)c1ccc2nc(NC(=O)c3ccncc3)sc2c1. The second kappa shape index (κ2) is 9.20. The van der Waals surface area contributed by atoms with E-state index in [9.17, 15) is 13.2 Å². The van der Waals surface area contributed by atoms with Crippen molar-refractivity contribution in [3.05, 3.63) is 48.3 Å². The van der Waals surface area contributed by atoms with Crippen molar-refractivity contribution in [3.8, 4) is 0 Å². The zero-order valence-electron chi connectivity index (χ0n) is 17.5. The van der Waals surface area contributed by atoms with E-state index in [1.165, 1.54) is 11.3 Å². The van der Waals surface area contributed by atoms with Crippen LogP contribution in [-0.2, 0) is 10.0 Å². The molecule has 30 heavy (non-hydrogen) atoms. The Labute approximate surface area is 181 Å². The van der Waals surface area contributed by atoms with E-state index in [-0.39, 0.29) is 22.6 Å². The van der Waals surface area contributed by atoms with Crippen molar-refractivity contribution in [1.82, 2.24) is 14.3 Å². The van der Waals surface area contributed by atoms with Gasteiger partial charge in [-0.15, -0.1) is 0 Å². The lowest BCUT2D eigenvalue weighted by Gasteiger charge is -2.25. The number of carbonyl (C=O) groups excluding carboxylic acids is 1. The van der Waals surface area contributed by atoms with Gasteiger partial charge in [-0.25, -0.2) is 13.4 Å². The normalized spacial score (nSPS) is 12.2. The Balaban J connectivity index is 1.88. The fourth-order valence-electron chi connectivity index (χ4n) is 3.03. The molecule has 9 heteroatoms. The molecule has 0 saturated carbocycles. The Hall–Kier alpha value is -2.36. The van der Waals surface area contributed by atoms with Crippen LogP contribution in [0.2, 0.25) is 0 Å². The first-order valence-corrected chi connectivity index (χ1v) is 12.0. The molecular weight excluding hydrogens is 420 g/mol. The zero-order valence-corrected chi connectivity index (χ0v) is 19.1. The molecule has 2 aromatic heterocycles. The Morgan fingerprint density at radius 2 is 1.70 bits per heavy atom. The molecule has 0 aliphatic carbocycles. The van der Waals surface area contributed by atoms with Crippen LogP contribution in [0.4, 0.5) is 5.13 Å². The van der Waals surface area contributed by atoms with E-state index < -0.39 is 10.0 Å². The summed E-state index contributed by atoms with van der Waals surface area (Å²) in [5, 5.41) is 3.18. The number of nitrogens with one attached hydrogen (secondary N) is 1. The number of aromatic nitrogens is 2. The highest BCUT2D eigenvalue weighted by Gasteiger charge is 2.26. The predicted octanol–water partition coefficient (Wildman–Crippen LogP) is 4.25. The van der Waals surface area contributed by atoms with Crippen LogP contribution in [0.15, 0.2) is 47.6 Å². The Kier molecular flexibility index (Phi) is 6.84. The summed E-state index contributed by atoms with van der Waals surface area (Å²) in [6.07, 6.45) is 3.09. The molecule has 7 nitrogen and oxygen atoms in total. The van der Waals surface area contributed by atoms with Crippen molar-refractivity contribution in [3.63, 3.8) is 0 Å². The first-order valence-electron chi connectivity index (χ1n) is 9.79. The fourth-order valence-corrected chi connectivity index (χ4v) is 5.79. The molecule has 1 amide bonds. The maximum Gasteiger partial charge on any atom is 0.257 e. The molecule has 0 unspecified atom stereocenters. The monoisotopic (exact) mass is 446 g/mol. The van der Waals surface area contributed by atoms with E-state index in [1.807, 2.05) is 27.7 Å². The molecule has 0 spiro atoms.